The second-order valence-corrected chi connectivity index (χ2v) is 4.78. The zero-order valence-corrected chi connectivity index (χ0v) is 9.83. The van der Waals surface area contributed by atoms with E-state index in [9.17, 15) is 4.79 Å². The minimum absolute atomic E-state index is 0.0336. The van der Waals surface area contributed by atoms with Gasteiger partial charge in [0.05, 0.1) is 5.69 Å². The van der Waals surface area contributed by atoms with Crippen molar-refractivity contribution < 1.29 is 9.90 Å². The van der Waals surface area contributed by atoms with Crippen LogP contribution < -0.4 is 4.90 Å². The van der Waals surface area contributed by atoms with Crippen molar-refractivity contribution in [1.82, 2.24) is 9.97 Å². The Morgan fingerprint density at radius 1 is 1.62 bits per heavy atom. The molecule has 1 N–H and O–H groups in total. The van der Waals surface area contributed by atoms with E-state index in [1.165, 1.54) is 6.33 Å². The third-order valence-electron chi connectivity index (χ3n) is 2.48. The lowest BCUT2D eigenvalue weighted by Crippen LogP contribution is -2.28. The molecule has 2 rings (SSSR count). The molecule has 0 aromatic carbocycles. The van der Waals surface area contributed by atoms with Gasteiger partial charge in [-0.05, 0) is 12.2 Å². The van der Waals surface area contributed by atoms with Gasteiger partial charge in [-0.25, -0.2) is 9.97 Å². The molecule has 6 heteroatoms. The van der Waals surface area contributed by atoms with Gasteiger partial charge in [0, 0.05) is 18.4 Å². The Balaban J connectivity index is 2.29. The molecular weight excluding hydrogens is 226 g/mol. The number of anilines is 1. The maximum absolute atomic E-state index is 10.7. The van der Waals surface area contributed by atoms with Crippen molar-refractivity contribution in [2.45, 2.75) is 12.2 Å². The third kappa shape index (κ3) is 2.27. The standard InChI is InChI=1S/C10H13N3O2S/c1-13(4-9(14)15)10-7-5-16-3-2-8(7)11-6-12-10/h6H,2-5H2,1H3,(H,14,15). The first kappa shape index (κ1) is 11.2. The van der Waals surface area contributed by atoms with Crippen LogP contribution in [0.4, 0.5) is 5.82 Å². The van der Waals surface area contributed by atoms with Gasteiger partial charge in [0.2, 0.25) is 0 Å². The fraction of sp³-hybridized carbons (Fsp3) is 0.500. The summed E-state index contributed by atoms with van der Waals surface area (Å²) in [5, 5.41) is 8.76. The first-order chi connectivity index (χ1) is 7.68. The lowest BCUT2D eigenvalue weighted by Gasteiger charge is -2.22. The van der Waals surface area contributed by atoms with E-state index in [4.69, 9.17) is 5.11 Å². The number of aliphatic carboxylic acids is 1. The van der Waals surface area contributed by atoms with Gasteiger partial charge in [0.25, 0.3) is 0 Å². The Kier molecular flexibility index (Phi) is 3.28. The van der Waals surface area contributed by atoms with E-state index >= 15 is 0 Å². The van der Waals surface area contributed by atoms with Crippen LogP contribution in [0.3, 0.4) is 0 Å². The van der Waals surface area contributed by atoms with Crippen LogP contribution in [0.25, 0.3) is 0 Å². The average Bonchev–Trinajstić information content (AvgIpc) is 2.27. The van der Waals surface area contributed by atoms with Crippen molar-refractivity contribution in [3.8, 4) is 0 Å². The molecule has 0 saturated heterocycles. The van der Waals surface area contributed by atoms with Crippen LogP contribution in [0.15, 0.2) is 6.33 Å². The number of carboxylic acids is 1. The van der Waals surface area contributed by atoms with Gasteiger partial charge in [-0.3, -0.25) is 4.79 Å². The summed E-state index contributed by atoms with van der Waals surface area (Å²) in [6.07, 6.45) is 2.46. The van der Waals surface area contributed by atoms with Gasteiger partial charge in [-0.15, -0.1) is 0 Å². The zero-order chi connectivity index (χ0) is 11.5. The maximum atomic E-state index is 10.7. The number of aromatic nitrogens is 2. The fourth-order valence-electron chi connectivity index (χ4n) is 1.75. The van der Waals surface area contributed by atoms with E-state index in [0.29, 0.717) is 0 Å². The molecule has 0 radical (unpaired) electrons. The summed E-state index contributed by atoms with van der Waals surface area (Å²) in [4.78, 5) is 20.7. The summed E-state index contributed by atoms with van der Waals surface area (Å²) in [6.45, 7) is -0.0336. The number of thioether (sulfide) groups is 1. The predicted molar refractivity (Wildman–Crippen MR) is 62.8 cm³/mol. The van der Waals surface area contributed by atoms with Gasteiger partial charge < -0.3 is 10.0 Å². The molecule has 16 heavy (non-hydrogen) atoms. The van der Waals surface area contributed by atoms with E-state index in [1.807, 2.05) is 11.8 Å². The molecule has 86 valence electrons. The Morgan fingerprint density at radius 2 is 2.44 bits per heavy atom. The topological polar surface area (TPSA) is 66.3 Å². The summed E-state index contributed by atoms with van der Waals surface area (Å²) in [7, 11) is 1.75. The SMILES string of the molecule is CN(CC(=O)O)c1ncnc2c1CSCC2. The molecule has 1 aliphatic rings. The molecule has 0 unspecified atom stereocenters. The second-order valence-electron chi connectivity index (χ2n) is 3.67. The van der Waals surface area contributed by atoms with Crippen LogP contribution in [-0.4, -0.2) is 40.4 Å². The molecule has 0 bridgehead atoms. The first-order valence-electron chi connectivity index (χ1n) is 5.02. The molecule has 0 saturated carbocycles. The molecule has 5 nitrogen and oxygen atoms in total. The molecule has 2 heterocycles. The first-order valence-corrected chi connectivity index (χ1v) is 6.17. The average molecular weight is 239 g/mol. The van der Waals surface area contributed by atoms with Crippen molar-refractivity contribution in [1.29, 1.82) is 0 Å². The second kappa shape index (κ2) is 4.69. The van der Waals surface area contributed by atoms with Crippen molar-refractivity contribution >= 4 is 23.5 Å². The predicted octanol–water partition coefficient (Wildman–Crippen LogP) is 0.787. The van der Waals surface area contributed by atoms with E-state index in [2.05, 4.69) is 9.97 Å². The Morgan fingerprint density at radius 3 is 3.19 bits per heavy atom. The number of nitrogens with zero attached hydrogens (tertiary/aromatic N) is 3. The van der Waals surface area contributed by atoms with Gasteiger partial charge in [0.15, 0.2) is 0 Å². The highest BCUT2D eigenvalue weighted by molar-refractivity contribution is 7.98. The number of hydrogen-bond donors (Lipinski definition) is 1. The Bertz CT molecular complexity index is 411. The van der Waals surface area contributed by atoms with E-state index in [0.717, 1.165) is 35.0 Å². The molecule has 0 atom stereocenters. The molecule has 1 aromatic heterocycles. The third-order valence-corrected chi connectivity index (χ3v) is 3.46. The van der Waals surface area contributed by atoms with Crippen LogP contribution in [0.5, 0.6) is 0 Å². The zero-order valence-electron chi connectivity index (χ0n) is 9.01. The number of hydrogen-bond acceptors (Lipinski definition) is 5. The van der Waals surface area contributed by atoms with Gasteiger partial charge in [-0.2, -0.15) is 11.8 Å². The monoisotopic (exact) mass is 239 g/mol. The normalized spacial score (nSPS) is 14.3. The van der Waals surface area contributed by atoms with Gasteiger partial charge >= 0.3 is 5.97 Å². The fourth-order valence-corrected chi connectivity index (χ4v) is 2.73. The molecule has 0 fully saturated rings. The van der Waals surface area contributed by atoms with Crippen molar-refractivity contribution in [2.24, 2.45) is 0 Å². The van der Waals surface area contributed by atoms with Gasteiger partial charge in [0.1, 0.15) is 18.7 Å². The van der Waals surface area contributed by atoms with Crippen LogP contribution in [0.1, 0.15) is 11.3 Å². The number of aryl methyl sites for hydroxylation is 1. The highest BCUT2D eigenvalue weighted by atomic mass is 32.2. The summed E-state index contributed by atoms with van der Waals surface area (Å²) in [5.41, 5.74) is 2.14. The van der Waals surface area contributed by atoms with Crippen LogP contribution in [-0.2, 0) is 17.0 Å². The van der Waals surface area contributed by atoms with Crippen molar-refractivity contribution in [2.75, 3.05) is 24.2 Å². The van der Waals surface area contributed by atoms with Crippen LogP contribution in [0.2, 0.25) is 0 Å². The Hall–Kier alpha value is -1.30. The number of rotatable bonds is 3. The number of fused-ring (bicyclic) bond motifs is 1. The maximum Gasteiger partial charge on any atom is 0.323 e. The minimum Gasteiger partial charge on any atom is -0.480 e. The number of carboxylic acid groups (broad SMARTS) is 1. The molecule has 1 aromatic rings. The quantitative estimate of drug-likeness (QED) is 0.841. The largest absolute Gasteiger partial charge is 0.480 e. The molecule has 1 aliphatic heterocycles. The lowest BCUT2D eigenvalue weighted by atomic mass is 10.2. The molecular formula is C10H13N3O2S. The number of likely N-dealkylation sites (N-methyl/N-ethyl adjacent to an activating group) is 1. The smallest absolute Gasteiger partial charge is 0.323 e. The molecule has 0 spiro atoms. The number of carbonyl (C=O) groups is 1. The van der Waals surface area contributed by atoms with Crippen LogP contribution >= 0.6 is 11.8 Å². The highest BCUT2D eigenvalue weighted by Crippen LogP contribution is 2.28. The molecule has 0 aliphatic carbocycles. The van der Waals surface area contributed by atoms with Gasteiger partial charge in [-0.1, -0.05) is 0 Å². The summed E-state index contributed by atoms with van der Waals surface area (Å²) in [6, 6.07) is 0. The molecule has 0 amide bonds. The van der Waals surface area contributed by atoms with E-state index < -0.39 is 5.97 Å². The minimum atomic E-state index is -0.849. The van der Waals surface area contributed by atoms with Crippen molar-refractivity contribution in [3.05, 3.63) is 17.6 Å². The van der Waals surface area contributed by atoms with Crippen LogP contribution in [0, 0.1) is 0 Å². The summed E-state index contributed by atoms with van der Waals surface area (Å²) in [5.74, 6) is 1.85. The van der Waals surface area contributed by atoms with Crippen molar-refractivity contribution in [3.63, 3.8) is 0 Å². The summed E-state index contributed by atoms with van der Waals surface area (Å²) < 4.78 is 0. The lowest BCUT2D eigenvalue weighted by molar-refractivity contribution is -0.135. The summed E-state index contributed by atoms with van der Waals surface area (Å²) >= 11 is 1.83. The van der Waals surface area contributed by atoms with E-state index in [1.54, 1.807) is 11.9 Å². The Labute approximate surface area is 97.9 Å². The van der Waals surface area contributed by atoms with E-state index in [-0.39, 0.29) is 6.54 Å². The highest BCUT2D eigenvalue weighted by Gasteiger charge is 2.19.